The van der Waals surface area contributed by atoms with Gasteiger partial charge in [-0.1, -0.05) is 55.1 Å². The molecule has 1 aromatic heterocycles. The van der Waals surface area contributed by atoms with E-state index in [1.165, 1.54) is 12.7 Å². The molecule has 4 rings (SSSR count). The van der Waals surface area contributed by atoms with E-state index in [9.17, 15) is 9.59 Å². The normalized spacial score (nSPS) is 15.2. The Balaban J connectivity index is 1.47. The first-order chi connectivity index (χ1) is 19.4. The molecule has 3 N–H and O–H groups in total. The predicted octanol–water partition coefficient (Wildman–Crippen LogP) is 5.19. The highest BCUT2D eigenvalue weighted by molar-refractivity contribution is 5.95. The lowest BCUT2D eigenvalue weighted by Crippen LogP contribution is -2.44. The summed E-state index contributed by atoms with van der Waals surface area (Å²) in [4.78, 5) is 32.8. The van der Waals surface area contributed by atoms with E-state index in [4.69, 9.17) is 10.5 Å². The molecule has 1 amide bonds. The molecule has 1 saturated heterocycles. The van der Waals surface area contributed by atoms with Gasteiger partial charge in [0.2, 0.25) is 0 Å². The average molecular weight is 541 g/mol. The minimum absolute atomic E-state index is 0.195. The summed E-state index contributed by atoms with van der Waals surface area (Å²) in [5.41, 5.74) is 9.57. The molecule has 0 radical (unpaired) electrons. The fourth-order valence-corrected chi connectivity index (χ4v) is 5.50. The number of likely N-dealkylation sites (tertiary alicyclic amines) is 1. The number of esters is 1. The number of hydrogen-bond donors (Lipinski definition) is 2. The topological polar surface area (TPSA) is 97.5 Å². The van der Waals surface area contributed by atoms with Crippen molar-refractivity contribution in [2.45, 2.75) is 44.6 Å². The van der Waals surface area contributed by atoms with Gasteiger partial charge in [-0.15, -0.1) is 0 Å². The van der Waals surface area contributed by atoms with Crippen LogP contribution in [-0.4, -0.2) is 48.0 Å². The van der Waals surface area contributed by atoms with Crippen LogP contribution in [0.4, 0.5) is 0 Å². The molecule has 1 unspecified atom stereocenters. The van der Waals surface area contributed by atoms with Crippen LogP contribution < -0.4 is 11.1 Å². The molecule has 0 bridgehead atoms. The van der Waals surface area contributed by atoms with Crippen molar-refractivity contribution in [3.63, 3.8) is 0 Å². The van der Waals surface area contributed by atoms with Crippen LogP contribution in [-0.2, 0) is 16.0 Å². The van der Waals surface area contributed by atoms with Gasteiger partial charge in [-0.05, 0) is 79.3 Å². The van der Waals surface area contributed by atoms with E-state index in [1.807, 2.05) is 54.6 Å². The second-order valence-corrected chi connectivity index (χ2v) is 10.6. The first-order valence-corrected chi connectivity index (χ1v) is 14.1. The summed E-state index contributed by atoms with van der Waals surface area (Å²) in [5.74, 6) is 0.198. The molecule has 0 saturated carbocycles. The quantitative estimate of drug-likeness (QED) is 0.307. The molecule has 2 atom stereocenters. The number of ether oxygens (including phenoxy) is 1. The number of aryl methyl sites for hydroxylation is 1. The highest BCUT2D eigenvalue weighted by Gasteiger charge is 2.32. The van der Waals surface area contributed by atoms with Gasteiger partial charge in [0.25, 0.3) is 5.91 Å². The molecular formula is C33H40N4O3. The number of amides is 1. The van der Waals surface area contributed by atoms with E-state index in [0.29, 0.717) is 30.1 Å². The van der Waals surface area contributed by atoms with Gasteiger partial charge in [-0.25, -0.2) is 0 Å². The number of nitrogens with zero attached hydrogens (tertiary/aromatic N) is 2. The maximum absolute atomic E-state index is 13.4. The Morgan fingerprint density at radius 3 is 2.38 bits per heavy atom. The van der Waals surface area contributed by atoms with Gasteiger partial charge in [-0.2, -0.15) is 0 Å². The average Bonchev–Trinajstić information content (AvgIpc) is 3.00. The molecule has 1 aliphatic heterocycles. The number of hydrogen-bond acceptors (Lipinski definition) is 6. The zero-order valence-corrected chi connectivity index (χ0v) is 23.3. The van der Waals surface area contributed by atoms with Crippen molar-refractivity contribution in [3.05, 3.63) is 103 Å². The maximum Gasteiger partial charge on any atom is 0.310 e. The number of rotatable bonds is 12. The van der Waals surface area contributed by atoms with Crippen molar-refractivity contribution in [1.29, 1.82) is 0 Å². The molecule has 1 fully saturated rings. The minimum atomic E-state index is -0.435. The second-order valence-electron chi connectivity index (χ2n) is 10.6. The molecule has 7 nitrogen and oxygen atoms in total. The standard InChI is InChI=1S/C33H40N4O3/c1-24(34)37-21-18-26(19-22-37)10-16-30(33(39)40-2)31(17-11-25-7-4-3-5-8-25)36-32(38)28-14-12-27(13-15-28)29-9-6-20-35-23-29/h3-9,12-15,20,23,26,30-31H,1,10-11,16-19,21-22,34H2,2H3,(H,36,38)/t30-,31?/m1/s1. The molecule has 0 aliphatic carbocycles. The summed E-state index contributed by atoms with van der Waals surface area (Å²) in [7, 11) is 1.42. The number of piperidine rings is 1. The Labute approximate surface area is 237 Å². The van der Waals surface area contributed by atoms with Crippen molar-refractivity contribution in [2.75, 3.05) is 20.2 Å². The lowest BCUT2D eigenvalue weighted by atomic mass is 9.84. The van der Waals surface area contributed by atoms with Crippen molar-refractivity contribution < 1.29 is 14.3 Å². The molecule has 3 aromatic rings. The number of carbonyl (C=O) groups is 2. The number of nitrogens with one attached hydrogen (secondary N) is 1. The monoisotopic (exact) mass is 540 g/mol. The lowest BCUT2D eigenvalue weighted by molar-refractivity contribution is -0.146. The first-order valence-electron chi connectivity index (χ1n) is 14.1. The number of aromatic nitrogens is 1. The number of pyridine rings is 1. The van der Waals surface area contributed by atoms with Crippen molar-refractivity contribution in [3.8, 4) is 11.1 Å². The third-order valence-electron chi connectivity index (χ3n) is 7.94. The summed E-state index contributed by atoms with van der Waals surface area (Å²) in [6.45, 7) is 5.62. The molecule has 2 heterocycles. The predicted molar refractivity (Wildman–Crippen MR) is 158 cm³/mol. The number of methoxy groups -OCH3 is 1. The van der Waals surface area contributed by atoms with Crippen LogP contribution in [0.3, 0.4) is 0 Å². The van der Waals surface area contributed by atoms with E-state index < -0.39 is 5.92 Å². The third kappa shape index (κ3) is 7.94. The number of nitrogens with two attached hydrogens (primary N) is 1. The Bertz CT molecular complexity index is 1240. The Hall–Kier alpha value is -4.13. The fraction of sp³-hybridized carbons (Fsp3) is 0.364. The van der Waals surface area contributed by atoms with Crippen LogP contribution in [0.15, 0.2) is 91.5 Å². The minimum Gasteiger partial charge on any atom is -0.469 e. The van der Waals surface area contributed by atoms with Crippen molar-refractivity contribution in [1.82, 2.24) is 15.2 Å². The lowest BCUT2D eigenvalue weighted by Gasteiger charge is -2.34. The van der Waals surface area contributed by atoms with Crippen LogP contribution >= 0.6 is 0 Å². The van der Waals surface area contributed by atoms with Gasteiger partial charge in [-0.3, -0.25) is 14.6 Å². The summed E-state index contributed by atoms with van der Waals surface area (Å²) < 4.78 is 5.25. The first kappa shape index (κ1) is 28.9. The van der Waals surface area contributed by atoms with Crippen LogP contribution in [0.25, 0.3) is 11.1 Å². The van der Waals surface area contributed by atoms with E-state index in [2.05, 4.69) is 33.9 Å². The third-order valence-corrected chi connectivity index (χ3v) is 7.94. The fourth-order valence-electron chi connectivity index (χ4n) is 5.50. The van der Waals surface area contributed by atoms with E-state index in [-0.39, 0.29) is 17.9 Å². The number of carbonyl (C=O) groups excluding carboxylic acids is 2. The van der Waals surface area contributed by atoms with Crippen LogP contribution in [0.1, 0.15) is 48.0 Å². The molecule has 40 heavy (non-hydrogen) atoms. The molecule has 210 valence electrons. The van der Waals surface area contributed by atoms with Gasteiger partial charge in [0, 0.05) is 37.1 Å². The van der Waals surface area contributed by atoms with Gasteiger partial charge in [0.15, 0.2) is 0 Å². The highest BCUT2D eigenvalue weighted by Crippen LogP contribution is 2.28. The smallest absolute Gasteiger partial charge is 0.310 e. The SMILES string of the molecule is C=C(N)N1CCC(CC[C@@H](C(=O)OC)C(CCc2ccccc2)NC(=O)c2ccc(-c3cccnc3)cc2)CC1. The van der Waals surface area contributed by atoms with Gasteiger partial charge in [0.1, 0.15) is 0 Å². The number of benzene rings is 2. The maximum atomic E-state index is 13.4. The summed E-state index contributed by atoms with van der Waals surface area (Å²) in [6.07, 6.45) is 8.47. The van der Waals surface area contributed by atoms with Crippen LogP contribution in [0.2, 0.25) is 0 Å². The Kier molecular flexibility index (Phi) is 10.3. The molecule has 1 aliphatic rings. The second kappa shape index (κ2) is 14.3. The largest absolute Gasteiger partial charge is 0.469 e. The Morgan fingerprint density at radius 2 is 1.75 bits per heavy atom. The van der Waals surface area contributed by atoms with Gasteiger partial charge in [0.05, 0.1) is 18.8 Å². The van der Waals surface area contributed by atoms with Gasteiger partial charge < -0.3 is 20.7 Å². The Morgan fingerprint density at radius 1 is 1.02 bits per heavy atom. The summed E-state index contributed by atoms with van der Waals surface area (Å²) in [5, 5.41) is 3.20. The molecule has 0 spiro atoms. The van der Waals surface area contributed by atoms with E-state index >= 15 is 0 Å². The van der Waals surface area contributed by atoms with E-state index in [0.717, 1.165) is 49.9 Å². The van der Waals surface area contributed by atoms with Crippen LogP contribution in [0.5, 0.6) is 0 Å². The van der Waals surface area contributed by atoms with Crippen LogP contribution in [0, 0.1) is 11.8 Å². The zero-order valence-electron chi connectivity index (χ0n) is 23.3. The molecule has 7 heteroatoms. The van der Waals surface area contributed by atoms with E-state index in [1.54, 1.807) is 12.4 Å². The van der Waals surface area contributed by atoms with Gasteiger partial charge >= 0.3 is 5.97 Å². The molecule has 2 aromatic carbocycles. The molecular weight excluding hydrogens is 500 g/mol. The summed E-state index contributed by atoms with van der Waals surface area (Å²) >= 11 is 0. The van der Waals surface area contributed by atoms with Crippen molar-refractivity contribution >= 4 is 11.9 Å². The highest BCUT2D eigenvalue weighted by atomic mass is 16.5. The zero-order chi connectivity index (χ0) is 28.3. The summed E-state index contributed by atoms with van der Waals surface area (Å²) in [6, 6.07) is 21.1. The van der Waals surface area contributed by atoms with Crippen molar-refractivity contribution in [2.24, 2.45) is 17.6 Å².